The lowest BCUT2D eigenvalue weighted by atomic mass is 9.91. The number of nitrogens with zero attached hydrogens (tertiary/aromatic N) is 1. The summed E-state index contributed by atoms with van der Waals surface area (Å²) in [5, 5.41) is 15.1. The van der Waals surface area contributed by atoms with Gasteiger partial charge in [0, 0.05) is 18.2 Å². The van der Waals surface area contributed by atoms with Crippen molar-refractivity contribution in [1.29, 1.82) is 0 Å². The average molecular weight is 500 g/mol. The van der Waals surface area contributed by atoms with Gasteiger partial charge in [-0.25, -0.2) is 4.79 Å². The van der Waals surface area contributed by atoms with Crippen LogP contribution in [-0.4, -0.2) is 54.6 Å². The maximum absolute atomic E-state index is 13.2. The number of hydrogen-bond acceptors (Lipinski definition) is 8. The summed E-state index contributed by atoms with van der Waals surface area (Å²) < 4.78 is 11.6. The van der Waals surface area contributed by atoms with Gasteiger partial charge in [-0.05, 0) is 79.9 Å². The van der Waals surface area contributed by atoms with Crippen LogP contribution in [-0.2, 0) is 15.1 Å². The Balaban J connectivity index is 1.26. The Labute approximate surface area is 207 Å². The number of aliphatic hydroxyl groups is 1. The largest absolute Gasteiger partial charge is 0.492 e. The maximum atomic E-state index is 13.2. The van der Waals surface area contributed by atoms with Crippen molar-refractivity contribution in [2.75, 3.05) is 20.2 Å². The summed E-state index contributed by atoms with van der Waals surface area (Å²) in [5.74, 6) is 0.154. The molecule has 3 aromatic rings. The van der Waals surface area contributed by atoms with Crippen molar-refractivity contribution in [3.8, 4) is 5.75 Å². The number of aldehydes is 1. The first-order valence-electron chi connectivity index (χ1n) is 11.4. The smallest absolute Gasteiger partial charge is 0.349 e. The van der Waals surface area contributed by atoms with E-state index in [4.69, 9.17) is 9.47 Å². The van der Waals surface area contributed by atoms with Crippen LogP contribution in [0.25, 0.3) is 0 Å². The van der Waals surface area contributed by atoms with Crippen molar-refractivity contribution >= 4 is 34.9 Å². The average Bonchev–Trinajstić information content (AvgIpc) is 3.60. The first kappa shape index (κ1) is 24.6. The molecule has 0 amide bonds. The van der Waals surface area contributed by atoms with Crippen molar-refractivity contribution in [2.45, 2.75) is 43.4 Å². The lowest BCUT2D eigenvalue weighted by Crippen LogP contribution is -2.42. The standard InChI is InChI=1S/C26H29NO5S2/c1-27(14-15-31-21-10-6-19(18-28)7-11-21)20-8-12-22(13-9-20)32-25(29)26(30,23-4-2-16-33-23)24-5-3-17-34-24/h2-7,10-11,16-18,20,22,30H,8-9,12-15H2,1H3. The van der Waals surface area contributed by atoms with Gasteiger partial charge in [0.25, 0.3) is 0 Å². The van der Waals surface area contributed by atoms with Crippen LogP contribution in [0.15, 0.2) is 59.3 Å². The van der Waals surface area contributed by atoms with Gasteiger partial charge in [-0.2, -0.15) is 0 Å². The number of thiophene rings is 2. The fourth-order valence-electron chi connectivity index (χ4n) is 4.26. The summed E-state index contributed by atoms with van der Waals surface area (Å²) in [6.45, 7) is 1.33. The quantitative estimate of drug-likeness (QED) is 0.321. The number of carbonyl (C=O) groups is 2. The van der Waals surface area contributed by atoms with Crippen LogP contribution in [0.4, 0.5) is 0 Å². The zero-order chi connectivity index (χ0) is 24.0. The van der Waals surface area contributed by atoms with Crippen LogP contribution >= 0.6 is 22.7 Å². The zero-order valence-corrected chi connectivity index (χ0v) is 20.7. The van der Waals surface area contributed by atoms with Crippen LogP contribution < -0.4 is 4.74 Å². The molecule has 4 rings (SSSR count). The Morgan fingerprint density at radius 2 is 1.68 bits per heavy atom. The van der Waals surface area contributed by atoms with Gasteiger partial charge < -0.3 is 19.5 Å². The topological polar surface area (TPSA) is 76.1 Å². The van der Waals surface area contributed by atoms with Crippen molar-refractivity contribution in [3.63, 3.8) is 0 Å². The van der Waals surface area contributed by atoms with Crippen molar-refractivity contribution in [2.24, 2.45) is 0 Å². The Kier molecular flexibility index (Phi) is 8.15. The molecule has 6 nitrogen and oxygen atoms in total. The van der Waals surface area contributed by atoms with Gasteiger partial charge in [-0.3, -0.25) is 4.79 Å². The van der Waals surface area contributed by atoms with Crippen LogP contribution in [0.1, 0.15) is 45.8 Å². The number of likely N-dealkylation sites (N-methyl/N-ethyl adjacent to an activating group) is 1. The van der Waals surface area contributed by atoms with Gasteiger partial charge >= 0.3 is 5.97 Å². The van der Waals surface area contributed by atoms with Crippen molar-refractivity contribution < 1.29 is 24.2 Å². The van der Waals surface area contributed by atoms with E-state index in [2.05, 4.69) is 11.9 Å². The van der Waals surface area contributed by atoms with Gasteiger partial charge in [-0.1, -0.05) is 12.1 Å². The Hall–Kier alpha value is -2.52. The van der Waals surface area contributed by atoms with Crippen molar-refractivity contribution in [3.05, 3.63) is 74.6 Å². The maximum Gasteiger partial charge on any atom is 0.349 e. The first-order valence-corrected chi connectivity index (χ1v) is 13.2. The lowest BCUT2D eigenvalue weighted by molar-refractivity contribution is -0.169. The molecule has 2 aromatic heterocycles. The van der Waals surface area contributed by atoms with E-state index in [1.54, 1.807) is 36.4 Å². The molecule has 0 spiro atoms. The lowest BCUT2D eigenvalue weighted by Gasteiger charge is -2.35. The van der Waals surface area contributed by atoms with Crippen LogP contribution in [0.5, 0.6) is 5.75 Å². The Morgan fingerprint density at radius 3 is 2.21 bits per heavy atom. The summed E-state index contributed by atoms with van der Waals surface area (Å²) in [4.78, 5) is 27.3. The first-order chi connectivity index (χ1) is 16.5. The molecule has 1 aliphatic carbocycles. The van der Waals surface area contributed by atoms with Crippen molar-refractivity contribution in [1.82, 2.24) is 4.90 Å². The molecule has 8 heteroatoms. The molecule has 0 atom stereocenters. The molecule has 1 aliphatic rings. The Morgan fingerprint density at radius 1 is 1.06 bits per heavy atom. The van der Waals surface area contributed by atoms with Gasteiger partial charge in [0.15, 0.2) is 0 Å². The summed E-state index contributed by atoms with van der Waals surface area (Å²) in [7, 11) is 2.09. The zero-order valence-electron chi connectivity index (χ0n) is 19.1. The van der Waals surface area contributed by atoms with Crippen LogP contribution in [0.3, 0.4) is 0 Å². The van der Waals surface area contributed by atoms with E-state index in [9.17, 15) is 14.7 Å². The van der Waals surface area contributed by atoms with Gasteiger partial charge in [0.05, 0.1) is 9.75 Å². The monoisotopic (exact) mass is 499 g/mol. The predicted octanol–water partition coefficient (Wildman–Crippen LogP) is 4.72. The third kappa shape index (κ3) is 5.58. The number of hydrogen-bond donors (Lipinski definition) is 1. The predicted molar refractivity (Wildman–Crippen MR) is 134 cm³/mol. The number of esters is 1. The highest BCUT2D eigenvalue weighted by atomic mass is 32.1. The van der Waals surface area contributed by atoms with E-state index < -0.39 is 11.6 Å². The number of ether oxygens (including phenoxy) is 2. The fourth-order valence-corrected chi connectivity index (χ4v) is 5.98. The highest BCUT2D eigenvalue weighted by molar-refractivity contribution is 7.12. The van der Waals surface area contributed by atoms with Crippen LogP contribution in [0, 0.1) is 0 Å². The third-order valence-corrected chi connectivity index (χ3v) is 8.28. The number of rotatable bonds is 10. The second kappa shape index (κ2) is 11.3. The molecule has 0 saturated heterocycles. The molecule has 1 fully saturated rings. The molecule has 0 aliphatic heterocycles. The molecular weight excluding hydrogens is 470 g/mol. The second-order valence-corrected chi connectivity index (χ2v) is 10.4. The van der Waals surface area contributed by atoms with Gasteiger partial charge in [0.1, 0.15) is 24.7 Å². The molecule has 1 N–H and O–H groups in total. The van der Waals surface area contributed by atoms with E-state index in [1.165, 1.54) is 22.7 Å². The molecule has 0 unspecified atom stereocenters. The van der Waals surface area contributed by atoms with E-state index in [-0.39, 0.29) is 6.10 Å². The van der Waals surface area contributed by atoms with Crippen LogP contribution in [0.2, 0.25) is 0 Å². The normalized spacial score (nSPS) is 18.6. The summed E-state index contributed by atoms with van der Waals surface area (Å²) >= 11 is 2.70. The third-order valence-electron chi connectivity index (χ3n) is 6.32. The van der Waals surface area contributed by atoms with E-state index in [0.717, 1.165) is 44.3 Å². The molecule has 2 heterocycles. The highest BCUT2D eigenvalue weighted by Gasteiger charge is 2.45. The number of carbonyl (C=O) groups excluding carboxylic acids is 2. The summed E-state index contributed by atoms with van der Waals surface area (Å²) in [6, 6.07) is 14.7. The second-order valence-electron chi connectivity index (χ2n) is 8.52. The fraction of sp³-hybridized carbons (Fsp3) is 0.385. The summed E-state index contributed by atoms with van der Waals surface area (Å²) in [5.41, 5.74) is -1.12. The van der Waals surface area contributed by atoms with E-state index >= 15 is 0 Å². The molecule has 180 valence electrons. The molecule has 0 radical (unpaired) electrons. The minimum absolute atomic E-state index is 0.198. The van der Waals surface area contributed by atoms with Gasteiger partial charge in [0.2, 0.25) is 5.60 Å². The molecule has 34 heavy (non-hydrogen) atoms. The van der Waals surface area contributed by atoms with Gasteiger partial charge in [-0.15, -0.1) is 22.7 Å². The molecule has 0 bridgehead atoms. The SMILES string of the molecule is CN(CCOc1ccc(C=O)cc1)C1CCC(OC(=O)C(O)(c2cccs2)c2cccs2)CC1. The van der Waals surface area contributed by atoms with E-state index in [1.807, 2.05) is 22.9 Å². The number of benzene rings is 1. The minimum Gasteiger partial charge on any atom is -0.492 e. The highest BCUT2D eigenvalue weighted by Crippen LogP contribution is 2.38. The molecule has 1 saturated carbocycles. The minimum atomic E-state index is -1.75. The Bertz CT molecular complexity index is 1010. The molecular formula is C26H29NO5S2. The summed E-state index contributed by atoms with van der Waals surface area (Å²) in [6.07, 6.45) is 3.98. The van der Waals surface area contributed by atoms with E-state index in [0.29, 0.717) is 28.0 Å². The molecule has 1 aromatic carbocycles.